The Morgan fingerprint density at radius 3 is 2.10 bits per heavy atom. The van der Waals surface area contributed by atoms with Gasteiger partial charge in [0, 0.05) is 11.6 Å². The first-order valence-corrected chi connectivity index (χ1v) is 8.07. The van der Waals surface area contributed by atoms with E-state index < -0.39 is 10.0 Å². The molecular weight excluding hydrogens is 286 g/mol. The Morgan fingerprint density at radius 2 is 1.57 bits per heavy atom. The van der Waals surface area contributed by atoms with E-state index in [2.05, 4.69) is 4.72 Å². The van der Waals surface area contributed by atoms with Crippen molar-refractivity contribution in [2.75, 3.05) is 0 Å². The zero-order valence-electron chi connectivity index (χ0n) is 11.9. The topological polar surface area (TPSA) is 63.2 Å². The lowest BCUT2D eigenvalue weighted by Gasteiger charge is -2.14. The summed E-state index contributed by atoms with van der Waals surface area (Å²) in [4.78, 5) is 11.4. The lowest BCUT2D eigenvalue weighted by Crippen LogP contribution is -2.26. The Bertz CT molecular complexity index is 722. The first-order valence-electron chi connectivity index (χ1n) is 6.58. The lowest BCUT2D eigenvalue weighted by atomic mass is 10.1. The van der Waals surface area contributed by atoms with Gasteiger partial charge in [-0.3, -0.25) is 4.79 Å². The van der Waals surface area contributed by atoms with Crippen LogP contribution in [0.15, 0.2) is 59.5 Å². The van der Waals surface area contributed by atoms with Crippen molar-refractivity contribution in [3.05, 3.63) is 65.7 Å². The molecule has 2 rings (SSSR count). The van der Waals surface area contributed by atoms with Crippen LogP contribution in [0.4, 0.5) is 0 Å². The van der Waals surface area contributed by atoms with Gasteiger partial charge in [-0.2, -0.15) is 0 Å². The number of rotatable bonds is 5. The van der Waals surface area contributed by atoms with Gasteiger partial charge < -0.3 is 0 Å². The molecule has 0 aliphatic rings. The number of sulfonamides is 1. The predicted octanol–water partition coefficient (Wildman–Crippen LogP) is 2.93. The van der Waals surface area contributed by atoms with Crippen molar-refractivity contribution < 1.29 is 13.2 Å². The van der Waals surface area contributed by atoms with E-state index in [1.54, 1.807) is 6.92 Å². The maximum absolute atomic E-state index is 12.3. The van der Waals surface area contributed by atoms with Gasteiger partial charge in [-0.15, -0.1) is 0 Å². The molecule has 5 heteroatoms. The van der Waals surface area contributed by atoms with E-state index in [0.29, 0.717) is 5.56 Å². The fourth-order valence-electron chi connectivity index (χ4n) is 1.98. The Hall–Kier alpha value is -1.98. The molecule has 4 nitrogen and oxygen atoms in total. The van der Waals surface area contributed by atoms with Gasteiger partial charge >= 0.3 is 0 Å². The highest BCUT2D eigenvalue weighted by Gasteiger charge is 2.18. The second kappa shape index (κ2) is 6.20. The maximum atomic E-state index is 12.3. The molecule has 0 saturated carbocycles. The molecule has 0 fully saturated rings. The average molecular weight is 303 g/mol. The molecular formula is C16H17NO3S. The third-order valence-corrected chi connectivity index (χ3v) is 4.76. The highest BCUT2D eigenvalue weighted by atomic mass is 32.2. The van der Waals surface area contributed by atoms with E-state index in [-0.39, 0.29) is 16.7 Å². The Morgan fingerprint density at radius 1 is 1.00 bits per heavy atom. The van der Waals surface area contributed by atoms with Gasteiger partial charge in [0.25, 0.3) is 0 Å². The lowest BCUT2D eigenvalue weighted by molar-refractivity contribution is 0.101. The van der Waals surface area contributed by atoms with E-state index in [1.165, 1.54) is 31.2 Å². The summed E-state index contributed by atoms with van der Waals surface area (Å²) in [5.74, 6) is -0.0930. The fourth-order valence-corrected chi connectivity index (χ4v) is 3.21. The number of hydrogen-bond acceptors (Lipinski definition) is 3. The molecule has 0 aliphatic carbocycles. The van der Waals surface area contributed by atoms with Gasteiger partial charge in [0.2, 0.25) is 10.0 Å². The molecule has 110 valence electrons. The van der Waals surface area contributed by atoms with Gasteiger partial charge in [-0.1, -0.05) is 42.5 Å². The van der Waals surface area contributed by atoms with Crippen LogP contribution < -0.4 is 4.72 Å². The molecule has 0 aromatic heterocycles. The molecule has 1 atom stereocenters. The third kappa shape index (κ3) is 3.77. The predicted molar refractivity (Wildman–Crippen MR) is 81.6 cm³/mol. The zero-order valence-corrected chi connectivity index (χ0v) is 12.7. The number of ketones is 1. The molecule has 0 bridgehead atoms. The van der Waals surface area contributed by atoms with Crippen LogP contribution in [0.2, 0.25) is 0 Å². The number of carbonyl (C=O) groups excluding carboxylic acids is 1. The van der Waals surface area contributed by atoms with Crippen molar-refractivity contribution in [3.63, 3.8) is 0 Å². The van der Waals surface area contributed by atoms with Gasteiger partial charge in [-0.05, 0) is 31.5 Å². The third-order valence-electron chi connectivity index (χ3n) is 3.20. The summed E-state index contributed by atoms with van der Waals surface area (Å²) in [7, 11) is -3.61. The normalized spacial score (nSPS) is 12.9. The zero-order chi connectivity index (χ0) is 15.5. The van der Waals surface area contributed by atoms with Crippen LogP contribution in [0.25, 0.3) is 0 Å². The van der Waals surface area contributed by atoms with Crippen LogP contribution in [0.3, 0.4) is 0 Å². The summed E-state index contributed by atoms with van der Waals surface area (Å²) in [6.07, 6.45) is 0. The Labute approximate surface area is 124 Å². The molecule has 2 aromatic rings. The van der Waals surface area contributed by atoms with Crippen LogP contribution in [-0.2, 0) is 10.0 Å². The Balaban J connectivity index is 2.20. The minimum Gasteiger partial charge on any atom is -0.295 e. The van der Waals surface area contributed by atoms with Crippen molar-refractivity contribution >= 4 is 15.8 Å². The van der Waals surface area contributed by atoms with Crippen LogP contribution in [0.5, 0.6) is 0 Å². The highest BCUT2D eigenvalue weighted by molar-refractivity contribution is 7.89. The largest absolute Gasteiger partial charge is 0.295 e. The maximum Gasteiger partial charge on any atom is 0.241 e. The van der Waals surface area contributed by atoms with Gasteiger partial charge in [0.05, 0.1) is 4.90 Å². The minimum atomic E-state index is -3.61. The monoisotopic (exact) mass is 303 g/mol. The average Bonchev–Trinajstić information content (AvgIpc) is 2.48. The number of hydrogen-bond donors (Lipinski definition) is 1. The van der Waals surface area contributed by atoms with Crippen LogP contribution in [0.1, 0.15) is 35.8 Å². The first-order chi connectivity index (χ1) is 9.90. The molecule has 2 aromatic carbocycles. The summed E-state index contributed by atoms with van der Waals surface area (Å²) >= 11 is 0. The van der Waals surface area contributed by atoms with Crippen LogP contribution >= 0.6 is 0 Å². The van der Waals surface area contributed by atoms with Crippen LogP contribution in [-0.4, -0.2) is 14.2 Å². The smallest absolute Gasteiger partial charge is 0.241 e. The standard InChI is InChI=1S/C16H17NO3S/c1-12(14-6-4-3-5-7-14)17-21(19,20)16-10-8-15(9-11-16)13(2)18/h3-12,17H,1-2H3/t12-/m0/s1. The van der Waals surface area contributed by atoms with Gasteiger partial charge in [0.1, 0.15) is 0 Å². The van der Waals surface area contributed by atoms with E-state index >= 15 is 0 Å². The Kier molecular flexibility index (Phi) is 4.55. The summed E-state index contributed by atoms with van der Waals surface area (Å²) in [5, 5.41) is 0. The number of nitrogens with one attached hydrogen (secondary N) is 1. The van der Waals surface area contributed by atoms with Gasteiger partial charge in [0.15, 0.2) is 5.78 Å². The van der Waals surface area contributed by atoms with Crippen LogP contribution in [0, 0.1) is 0 Å². The quantitative estimate of drug-likeness (QED) is 0.864. The minimum absolute atomic E-state index is 0.0930. The second-order valence-corrected chi connectivity index (χ2v) is 6.55. The van der Waals surface area contributed by atoms with E-state index in [9.17, 15) is 13.2 Å². The molecule has 0 spiro atoms. The van der Waals surface area contributed by atoms with Gasteiger partial charge in [-0.25, -0.2) is 13.1 Å². The summed E-state index contributed by atoms with van der Waals surface area (Å²) < 4.78 is 27.2. The molecule has 1 N–H and O–H groups in total. The molecule has 0 saturated heterocycles. The van der Waals surface area contributed by atoms with E-state index in [0.717, 1.165) is 5.56 Å². The summed E-state index contributed by atoms with van der Waals surface area (Å²) in [6.45, 7) is 3.23. The molecule has 0 radical (unpaired) electrons. The van der Waals surface area contributed by atoms with Crippen molar-refractivity contribution in [1.29, 1.82) is 0 Å². The molecule has 0 amide bonds. The molecule has 0 heterocycles. The SMILES string of the molecule is CC(=O)c1ccc(S(=O)(=O)N[C@@H](C)c2ccccc2)cc1. The molecule has 0 aliphatic heterocycles. The number of benzene rings is 2. The van der Waals surface area contributed by atoms with Crippen molar-refractivity contribution in [2.45, 2.75) is 24.8 Å². The van der Waals surface area contributed by atoms with E-state index in [4.69, 9.17) is 0 Å². The summed E-state index contributed by atoms with van der Waals surface area (Å²) in [5.41, 5.74) is 1.38. The fraction of sp³-hybridized carbons (Fsp3) is 0.188. The number of carbonyl (C=O) groups is 1. The van der Waals surface area contributed by atoms with E-state index in [1.807, 2.05) is 30.3 Å². The van der Waals surface area contributed by atoms with Crippen molar-refractivity contribution in [1.82, 2.24) is 4.72 Å². The second-order valence-electron chi connectivity index (χ2n) is 4.83. The molecule has 0 unspecified atom stereocenters. The number of Topliss-reactive ketones (excluding diaryl/α,β-unsaturated/α-hetero) is 1. The summed E-state index contributed by atoms with van der Waals surface area (Å²) in [6, 6.07) is 14.9. The van der Waals surface area contributed by atoms with Crippen molar-refractivity contribution in [2.24, 2.45) is 0 Å². The van der Waals surface area contributed by atoms with Crippen molar-refractivity contribution in [3.8, 4) is 0 Å². The first kappa shape index (κ1) is 15.4. The highest BCUT2D eigenvalue weighted by Crippen LogP contribution is 2.17. The molecule has 21 heavy (non-hydrogen) atoms.